The molecule has 0 spiro atoms. The summed E-state index contributed by atoms with van der Waals surface area (Å²) in [6.45, 7) is 17.9. The van der Waals surface area contributed by atoms with Crippen molar-refractivity contribution in [2.24, 2.45) is 5.41 Å². The van der Waals surface area contributed by atoms with Gasteiger partial charge in [0.1, 0.15) is 0 Å². The first-order valence-corrected chi connectivity index (χ1v) is 8.28. The van der Waals surface area contributed by atoms with Crippen molar-refractivity contribution in [3.05, 3.63) is 0 Å². The molecule has 0 aliphatic carbocycles. The molecule has 2 heteroatoms. The maximum atomic E-state index is 3.83. The number of rotatable bonds is 5. The fourth-order valence-corrected chi connectivity index (χ4v) is 3.73. The van der Waals surface area contributed by atoms with Gasteiger partial charge in [0.2, 0.25) is 0 Å². The van der Waals surface area contributed by atoms with Gasteiger partial charge >= 0.3 is 0 Å². The van der Waals surface area contributed by atoms with Crippen LogP contribution < -0.4 is 5.32 Å². The molecule has 1 rings (SSSR count). The predicted octanol–water partition coefficient (Wildman–Crippen LogP) is 4.06. The Morgan fingerprint density at radius 3 is 1.89 bits per heavy atom. The topological polar surface area (TPSA) is 15.3 Å². The monoisotopic (exact) mass is 268 g/mol. The first-order chi connectivity index (χ1) is 8.80. The second-order valence-corrected chi connectivity index (χ2v) is 7.81. The average molecular weight is 268 g/mol. The minimum atomic E-state index is 0.234. The molecule has 1 atom stereocenters. The quantitative estimate of drug-likeness (QED) is 0.809. The SMILES string of the molecule is CCCNC(C(C)(C)C)C(C)(C)N1CCCCCC1. The maximum Gasteiger partial charge on any atom is 0.0311 e. The number of nitrogens with one attached hydrogen (secondary N) is 1. The van der Waals surface area contributed by atoms with Crippen LogP contribution in [0.4, 0.5) is 0 Å². The van der Waals surface area contributed by atoms with Gasteiger partial charge in [-0.1, -0.05) is 40.5 Å². The van der Waals surface area contributed by atoms with Crippen LogP contribution >= 0.6 is 0 Å². The summed E-state index contributed by atoms with van der Waals surface area (Å²) in [5, 5.41) is 3.83. The summed E-state index contributed by atoms with van der Waals surface area (Å²) >= 11 is 0. The molecule has 0 aromatic carbocycles. The number of likely N-dealkylation sites (tertiary alicyclic amines) is 1. The molecule has 0 saturated carbocycles. The van der Waals surface area contributed by atoms with Crippen molar-refractivity contribution in [3.8, 4) is 0 Å². The van der Waals surface area contributed by atoms with Crippen LogP contribution in [0.5, 0.6) is 0 Å². The smallest absolute Gasteiger partial charge is 0.0311 e. The lowest BCUT2D eigenvalue weighted by Gasteiger charge is -2.49. The summed E-state index contributed by atoms with van der Waals surface area (Å²) in [6.07, 6.45) is 6.77. The Hall–Kier alpha value is -0.0800. The molecule has 1 unspecified atom stereocenters. The highest BCUT2D eigenvalue weighted by atomic mass is 15.2. The molecule has 1 saturated heterocycles. The second-order valence-electron chi connectivity index (χ2n) is 7.81. The summed E-state index contributed by atoms with van der Waals surface area (Å²) < 4.78 is 0. The molecule has 0 amide bonds. The van der Waals surface area contributed by atoms with E-state index in [-0.39, 0.29) is 5.54 Å². The van der Waals surface area contributed by atoms with Gasteiger partial charge in [0.15, 0.2) is 0 Å². The third kappa shape index (κ3) is 4.75. The molecular weight excluding hydrogens is 232 g/mol. The third-order valence-corrected chi connectivity index (χ3v) is 4.59. The molecule has 0 aromatic heterocycles. The Morgan fingerprint density at radius 1 is 0.947 bits per heavy atom. The van der Waals surface area contributed by atoms with Crippen molar-refractivity contribution >= 4 is 0 Å². The molecule has 1 aliphatic heterocycles. The third-order valence-electron chi connectivity index (χ3n) is 4.59. The zero-order chi connectivity index (χ0) is 14.5. The van der Waals surface area contributed by atoms with Crippen LogP contribution in [0.25, 0.3) is 0 Å². The van der Waals surface area contributed by atoms with Crippen LogP contribution in [0.1, 0.15) is 73.6 Å². The van der Waals surface area contributed by atoms with Crippen molar-refractivity contribution in [3.63, 3.8) is 0 Å². The Kier molecular flexibility index (Phi) is 6.32. The molecule has 1 N–H and O–H groups in total. The van der Waals surface area contributed by atoms with E-state index in [9.17, 15) is 0 Å². The normalized spacial score (nSPS) is 21.2. The van der Waals surface area contributed by atoms with E-state index in [1.54, 1.807) is 0 Å². The molecule has 114 valence electrons. The number of nitrogens with zero attached hydrogens (tertiary/aromatic N) is 1. The summed E-state index contributed by atoms with van der Waals surface area (Å²) in [6, 6.07) is 0.540. The molecule has 1 fully saturated rings. The Labute approximate surface area is 121 Å². The first-order valence-electron chi connectivity index (χ1n) is 8.28. The van der Waals surface area contributed by atoms with E-state index in [0.29, 0.717) is 11.5 Å². The largest absolute Gasteiger partial charge is 0.312 e. The van der Waals surface area contributed by atoms with Crippen molar-refractivity contribution < 1.29 is 0 Å². The van der Waals surface area contributed by atoms with E-state index in [1.807, 2.05) is 0 Å². The van der Waals surface area contributed by atoms with Crippen LogP contribution in [-0.2, 0) is 0 Å². The highest BCUT2D eigenvalue weighted by molar-refractivity contribution is 5.00. The van der Waals surface area contributed by atoms with Crippen LogP contribution in [0.3, 0.4) is 0 Å². The van der Waals surface area contributed by atoms with Gasteiger partial charge in [0.05, 0.1) is 0 Å². The van der Waals surface area contributed by atoms with Gasteiger partial charge in [-0.25, -0.2) is 0 Å². The second kappa shape index (κ2) is 7.08. The molecule has 19 heavy (non-hydrogen) atoms. The standard InChI is InChI=1S/C17H36N2/c1-7-12-18-15(16(2,3)4)17(5,6)19-13-10-8-9-11-14-19/h15,18H,7-14H2,1-6H3. The highest BCUT2D eigenvalue weighted by Crippen LogP contribution is 2.33. The van der Waals surface area contributed by atoms with E-state index in [1.165, 1.54) is 45.2 Å². The highest BCUT2D eigenvalue weighted by Gasteiger charge is 2.41. The molecule has 0 radical (unpaired) electrons. The van der Waals surface area contributed by atoms with Gasteiger partial charge in [-0.15, -0.1) is 0 Å². The van der Waals surface area contributed by atoms with Gasteiger partial charge in [0, 0.05) is 11.6 Å². The van der Waals surface area contributed by atoms with Gasteiger partial charge in [0.25, 0.3) is 0 Å². The van der Waals surface area contributed by atoms with Crippen molar-refractivity contribution in [2.45, 2.75) is 85.2 Å². The Balaban J connectivity index is 2.83. The van der Waals surface area contributed by atoms with Crippen LogP contribution in [0.2, 0.25) is 0 Å². The van der Waals surface area contributed by atoms with E-state index >= 15 is 0 Å². The lowest BCUT2D eigenvalue weighted by Crippen LogP contribution is -2.62. The van der Waals surface area contributed by atoms with E-state index in [0.717, 1.165) is 6.54 Å². The van der Waals surface area contributed by atoms with Gasteiger partial charge in [-0.2, -0.15) is 0 Å². The summed E-state index contributed by atoms with van der Waals surface area (Å²) in [5.74, 6) is 0. The van der Waals surface area contributed by atoms with Gasteiger partial charge < -0.3 is 5.32 Å². The van der Waals surface area contributed by atoms with E-state index in [4.69, 9.17) is 0 Å². The molecule has 2 nitrogen and oxygen atoms in total. The zero-order valence-corrected chi connectivity index (χ0v) is 14.2. The minimum Gasteiger partial charge on any atom is -0.312 e. The Bertz CT molecular complexity index is 244. The van der Waals surface area contributed by atoms with Crippen molar-refractivity contribution in [2.75, 3.05) is 19.6 Å². The van der Waals surface area contributed by atoms with Crippen LogP contribution in [0, 0.1) is 5.41 Å². The van der Waals surface area contributed by atoms with Crippen molar-refractivity contribution in [1.82, 2.24) is 10.2 Å². The minimum absolute atomic E-state index is 0.234. The lowest BCUT2D eigenvalue weighted by atomic mass is 9.74. The fourth-order valence-electron chi connectivity index (χ4n) is 3.73. The molecule has 0 aromatic rings. The summed E-state index contributed by atoms with van der Waals surface area (Å²) in [5.41, 5.74) is 0.530. The Morgan fingerprint density at radius 2 is 1.47 bits per heavy atom. The summed E-state index contributed by atoms with van der Waals surface area (Å²) in [7, 11) is 0. The summed E-state index contributed by atoms with van der Waals surface area (Å²) in [4.78, 5) is 2.73. The van der Waals surface area contributed by atoms with E-state index in [2.05, 4.69) is 51.8 Å². The molecule has 1 aliphatic rings. The molecular formula is C17H36N2. The number of hydrogen-bond donors (Lipinski definition) is 1. The van der Waals surface area contributed by atoms with Gasteiger partial charge in [-0.3, -0.25) is 4.90 Å². The van der Waals surface area contributed by atoms with Gasteiger partial charge in [-0.05, 0) is 58.2 Å². The van der Waals surface area contributed by atoms with Crippen LogP contribution in [-0.4, -0.2) is 36.1 Å². The molecule has 1 heterocycles. The predicted molar refractivity (Wildman–Crippen MR) is 85.7 cm³/mol. The fraction of sp³-hybridized carbons (Fsp3) is 1.00. The molecule has 0 bridgehead atoms. The van der Waals surface area contributed by atoms with Crippen LogP contribution in [0.15, 0.2) is 0 Å². The maximum absolute atomic E-state index is 3.83. The zero-order valence-electron chi connectivity index (χ0n) is 14.2. The average Bonchev–Trinajstić information content (AvgIpc) is 2.56. The lowest BCUT2D eigenvalue weighted by molar-refractivity contribution is 0.0371. The van der Waals surface area contributed by atoms with E-state index < -0.39 is 0 Å². The number of hydrogen-bond acceptors (Lipinski definition) is 2. The first kappa shape index (κ1) is 17.0. The van der Waals surface area contributed by atoms with Crippen molar-refractivity contribution in [1.29, 1.82) is 0 Å².